The third-order valence-corrected chi connectivity index (χ3v) is 4.51. The Labute approximate surface area is 136 Å². The van der Waals surface area contributed by atoms with Crippen LogP contribution in [-0.2, 0) is 4.79 Å². The van der Waals surface area contributed by atoms with Crippen molar-refractivity contribution < 1.29 is 9.59 Å². The minimum Gasteiger partial charge on any atom is -0.337 e. The number of amides is 2. The molecule has 1 fully saturated rings. The summed E-state index contributed by atoms with van der Waals surface area (Å²) in [5, 5.41) is 5.00. The van der Waals surface area contributed by atoms with Crippen molar-refractivity contribution in [1.82, 2.24) is 9.88 Å². The first kappa shape index (κ1) is 16.9. The molecular formula is C16H25N3O2S. The van der Waals surface area contributed by atoms with E-state index in [2.05, 4.69) is 24.1 Å². The molecular weight excluding hydrogens is 298 g/mol. The molecule has 0 radical (unpaired) electrons. The zero-order chi connectivity index (χ0) is 16.3. The SMILES string of the molecule is CC(C)CC(=O)Nc1nc(C(=O)N2CCCC(C)(C)C2)cs1. The minimum absolute atomic E-state index is 0.0339. The predicted molar refractivity (Wildman–Crippen MR) is 89.1 cm³/mol. The number of nitrogens with zero attached hydrogens (tertiary/aromatic N) is 2. The highest BCUT2D eigenvalue weighted by Gasteiger charge is 2.30. The second kappa shape index (κ2) is 6.77. The van der Waals surface area contributed by atoms with Crippen molar-refractivity contribution in [2.24, 2.45) is 11.3 Å². The highest BCUT2D eigenvalue weighted by Crippen LogP contribution is 2.29. The number of hydrogen-bond donors (Lipinski definition) is 1. The fourth-order valence-electron chi connectivity index (χ4n) is 2.73. The minimum atomic E-state index is -0.0533. The zero-order valence-electron chi connectivity index (χ0n) is 13.8. The molecule has 2 heterocycles. The lowest BCUT2D eigenvalue weighted by molar-refractivity contribution is -0.116. The summed E-state index contributed by atoms with van der Waals surface area (Å²) in [6, 6.07) is 0. The molecule has 1 N–H and O–H groups in total. The summed E-state index contributed by atoms with van der Waals surface area (Å²) in [7, 11) is 0. The summed E-state index contributed by atoms with van der Waals surface area (Å²) in [5.41, 5.74) is 0.598. The lowest BCUT2D eigenvalue weighted by Gasteiger charge is -2.37. The Morgan fingerprint density at radius 2 is 2.18 bits per heavy atom. The first-order valence-electron chi connectivity index (χ1n) is 7.81. The first-order chi connectivity index (χ1) is 10.3. The Balaban J connectivity index is 1.98. The number of carbonyl (C=O) groups is 2. The van der Waals surface area contributed by atoms with Gasteiger partial charge in [0.1, 0.15) is 5.69 Å². The number of likely N-dealkylation sites (tertiary alicyclic amines) is 1. The van der Waals surface area contributed by atoms with Crippen LogP contribution in [0.15, 0.2) is 5.38 Å². The molecule has 122 valence electrons. The predicted octanol–water partition coefficient (Wildman–Crippen LogP) is 3.39. The van der Waals surface area contributed by atoms with E-state index in [4.69, 9.17) is 0 Å². The topological polar surface area (TPSA) is 62.3 Å². The number of thiazole rings is 1. The molecule has 1 aliphatic heterocycles. The Morgan fingerprint density at radius 1 is 1.45 bits per heavy atom. The van der Waals surface area contributed by atoms with E-state index in [0.29, 0.717) is 23.2 Å². The standard InChI is InChI=1S/C16H25N3O2S/c1-11(2)8-13(20)18-15-17-12(9-22-15)14(21)19-7-5-6-16(3,4)10-19/h9,11H,5-8,10H2,1-4H3,(H,17,18,20). The quantitative estimate of drug-likeness (QED) is 0.924. The van der Waals surface area contributed by atoms with E-state index >= 15 is 0 Å². The van der Waals surface area contributed by atoms with Crippen molar-refractivity contribution in [2.75, 3.05) is 18.4 Å². The largest absolute Gasteiger partial charge is 0.337 e. The van der Waals surface area contributed by atoms with Crippen LogP contribution in [0, 0.1) is 11.3 Å². The zero-order valence-corrected chi connectivity index (χ0v) is 14.6. The average Bonchev–Trinajstić information content (AvgIpc) is 2.84. The molecule has 22 heavy (non-hydrogen) atoms. The van der Waals surface area contributed by atoms with Crippen molar-refractivity contribution in [2.45, 2.75) is 47.0 Å². The third-order valence-electron chi connectivity index (χ3n) is 3.75. The molecule has 0 aromatic carbocycles. The molecule has 0 saturated carbocycles. The Bertz CT molecular complexity index is 551. The molecule has 1 aliphatic rings. The van der Waals surface area contributed by atoms with Gasteiger partial charge in [-0.15, -0.1) is 11.3 Å². The normalized spacial score (nSPS) is 17.6. The summed E-state index contributed by atoms with van der Waals surface area (Å²) in [4.78, 5) is 30.4. The highest BCUT2D eigenvalue weighted by atomic mass is 32.1. The van der Waals surface area contributed by atoms with Crippen molar-refractivity contribution in [3.05, 3.63) is 11.1 Å². The van der Waals surface area contributed by atoms with Crippen LogP contribution in [-0.4, -0.2) is 34.8 Å². The molecule has 1 saturated heterocycles. The highest BCUT2D eigenvalue weighted by molar-refractivity contribution is 7.14. The summed E-state index contributed by atoms with van der Waals surface area (Å²) in [6.45, 7) is 9.91. The van der Waals surface area contributed by atoms with Crippen LogP contribution < -0.4 is 5.32 Å². The molecule has 1 aromatic rings. The van der Waals surface area contributed by atoms with Crippen LogP contribution in [0.2, 0.25) is 0 Å². The maximum absolute atomic E-state index is 12.5. The second-order valence-corrected chi connectivity index (χ2v) is 8.04. The average molecular weight is 323 g/mol. The molecule has 0 bridgehead atoms. The van der Waals surface area contributed by atoms with Gasteiger partial charge in [-0.1, -0.05) is 27.7 Å². The number of carbonyl (C=O) groups excluding carboxylic acids is 2. The number of nitrogens with one attached hydrogen (secondary N) is 1. The van der Waals surface area contributed by atoms with Crippen molar-refractivity contribution in [3.63, 3.8) is 0 Å². The van der Waals surface area contributed by atoms with Crippen LogP contribution in [0.1, 0.15) is 57.4 Å². The third kappa shape index (κ3) is 4.53. The summed E-state index contributed by atoms with van der Waals surface area (Å²) in [5.74, 6) is 0.215. The van der Waals surface area contributed by atoms with Gasteiger partial charge in [0, 0.05) is 24.9 Å². The van der Waals surface area contributed by atoms with Crippen LogP contribution in [0.25, 0.3) is 0 Å². The molecule has 2 amide bonds. The summed E-state index contributed by atoms with van der Waals surface area (Å²) in [6.07, 6.45) is 2.63. The van der Waals surface area contributed by atoms with Crippen LogP contribution >= 0.6 is 11.3 Å². The molecule has 6 heteroatoms. The van der Waals surface area contributed by atoms with Gasteiger partial charge in [-0.3, -0.25) is 9.59 Å². The van der Waals surface area contributed by atoms with E-state index in [-0.39, 0.29) is 17.2 Å². The first-order valence-corrected chi connectivity index (χ1v) is 8.69. The van der Waals surface area contributed by atoms with Crippen LogP contribution in [0.4, 0.5) is 5.13 Å². The monoisotopic (exact) mass is 323 g/mol. The van der Waals surface area contributed by atoms with E-state index in [9.17, 15) is 9.59 Å². The van der Waals surface area contributed by atoms with E-state index in [1.165, 1.54) is 11.3 Å². The van der Waals surface area contributed by atoms with E-state index in [1.807, 2.05) is 18.7 Å². The van der Waals surface area contributed by atoms with Gasteiger partial charge in [0.05, 0.1) is 0 Å². The van der Waals surface area contributed by atoms with Crippen molar-refractivity contribution in [1.29, 1.82) is 0 Å². The molecule has 0 aliphatic carbocycles. The molecule has 2 rings (SSSR count). The Hall–Kier alpha value is -1.43. The number of piperidine rings is 1. The molecule has 0 unspecified atom stereocenters. The van der Waals surface area contributed by atoms with Gasteiger partial charge < -0.3 is 10.2 Å². The van der Waals surface area contributed by atoms with Gasteiger partial charge in [-0.25, -0.2) is 4.98 Å². The number of rotatable bonds is 4. The summed E-state index contributed by atoms with van der Waals surface area (Å²) >= 11 is 1.31. The van der Waals surface area contributed by atoms with Gasteiger partial charge in [0.25, 0.3) is 5.91 Å². The molecule has 0 atom stereocenters. The number of anilines is 1. The smallest absolute Gasteiger partial charge is 0.273 e. The number of hydrogen-bond acceptors (Lipinski definition) is 4. The maximum atomic E-state index is 12.5. The maximum Gasteiger partial charge on any atom is 0.273 e. The van der Waals surface area contributed by atoms with Gasteiger partial charge in [0.2, 0.25) is 5.91 Å². The van der Waals surface area contributed by atoms with Gasteiger partial charge in [-0.05, 0) is 24.2 Å². The molecule has 0 spiro atoms. The molecule has 1 aromatic heterocycles. The van der Waals surface area contributed by atoms with Gasteiger partial charge in [-0.2, -0.15) is 0 Å². The second-order valence-electron chi connectivity index (χ2n) is 7.18. The Morgan fingerprint density at radius 3 is 2.82 bits per heavy atom. The number of aromatic nitrogens is 1. The Kier molecular flexibility index (Phi) is 5.21. The van der Waals surface area contributed by atoms with E-state index < -0.39 is 0 Å². The fraction of sp³-hybridized carbons (Fsp3) is 0.688. The lowest BCUT2D eigenvalue weighted by atomic mass is 9.84. The van der Waals surface area contributed by atoms with Crippen molar-refractivity contribution >= 4 is 28.3 Å². The lowest BCUT2D eigenvalue weighted by Crippen LogP contribution is -2.43. The summed E-state index contributed by atoms with van der Waals surface area (Å²) < 4.78 is 0. The fourth-order valence-corrected chi connectivity index (χ4v) is 3.43. The van der Waals surface area contributed by atoms with E-state index in [1.54, 1.807) is 5.38 Å². The van der Waals surface area contributed by atoms with Crippen molar-refractivity contribution in [3.8, 4) is 0 Å². The molecule has 5 nitrogen and oxygen atoms in total. The van der Waals surface area contributed by atoms with Gasteiger partial charge in [0.15, 0.2) is 5.13 Å². The van der Waals surface area contributed by atoms with Gasteiger partial charge >= 0.3 is 0 Å². The van der Waals surface area contributed by atoms with Crippen LogP contribution in [0.5, 0.6) is 0 Å². The van der Waals surface area contributed by atoms with Crippen LogP contribution in [0.3, 0.4) is 0 Å². The van der Waals surface area contributed by atoms with E-state index in [0.717, 1.165) is 25.9 Å².